The molecule has 0 bridgehead atoms. The standard InChI is InChI=1S/C12H16F2N2O/c13-9-5-4-6-10(14)12(9)16-11(17)7-2-1-3-8-15/h4-6H,1-3,7-8,15H2,(H,16,17). The normalized spacial score (nSPS) is 10.3. The van der Waals surface area contributed by atoms with E-state index in [-0.39, 0.29) is 18.0 Å². The number of para-hydroxylation sites is 1. The maximum atomic E-state index is 13.2. The van der Waals surface area contributed by atoms with Crippen molar-refractivity contribution in [1.29, 1.82) is 0 Å². The van der Waals surface area contributed by atoms with Gasteiger partial charge in [0.25, 0.3) is 0 Å². The van der Waals surface area contributed by atoms with Gasteiger partial charge < -0.3 is 11.1 Å². The molecule has 0 saturated carbocycles. The summed E-state index contributed by atoms with van der Waals surface area (Å²) in [5.74, 6) is -1.91. The Bertz CT molecular complexity index is 363. The summed E-state index contributed by atoms with van der Waals surface area (Å²) in [5.41, 5.74) is 4.93. The molecule has 0 spiro atoms. The van der Waals surface area contributed by atoms with E-state index in [2.05, 4.69) is 5.32 Å². The molecule has 0 radical (unpaired) electrons. The Morgan fingerprint density at radius 3 is 2.41 bits per heavy atom. The van der Waals surface area contributed by atoms with Gasteiger partial charge in [0.1, 0.15) is 17.3 Å². The highest BCUT2D eigenvalue weighted by Crippen LogP contribution is 2.18. The zero-order valence-electron chi connectivity index (χ0n) is 9.51. The molecule has 3 N–H and O–H groups in total. The number of nitrogens with one attached hydrogen (secondary N) is 1. The molecule has 1 aromatic rings. The first-order valence-electron chi connectivity index (χ1n) is 5.59. The van der Waals surface area contributed by atoms with E-state index in [9.17, 15) is 13.6 Å². The van der Waals surface area contributed by atoms with Crippen LogP contribution in [0.2, 0.25) is 0 Å². The molecule has 5 heteroatoms. The molecule has 0 atom stereocenters. The van der Waals surface area contributed by atoms with E-state index in [1.807, 2.05) is 0 Å². The zero-order valence-corrected chi connectivity index (χ0v) is 9.51. The number of anilines is 1. The van der Waals surface area contributed by atoms with Crippen LogP contribution in [0.5, 0.6) is 0 Å². The Balaban J connectivity index is 2.45. The molecule has 94 valence electrons. The van der Waals surface area contributed by atoms with Crippen molar-refractivity contribution in [2.75, 3.05) is 11.9 Å². The first kappa shape index (κ1) is 13.6. The summed E-state index contributed by atoms with van der Waals surface area (Å²) < 4.78 is 26.4. The lowest BCUT2D eigenvalue weighted by atomic mass is 10.2. The molecule has 0 aliphatic carbocycles. The molecule has 1 amide bonds. The average Bonchev–Trinajstić information content (AvgIpc) is 2.30. The third kappa shape index (κ3) is 4.48. The van der Waals surface area contributed by atoms with E-state index in [0.29, 0.717) is 13.0 Å². The summed E-state index contributed by atoms with van der Waals surface area (Å²) in [7, 11) is 0. The van der Waals surface area contributed by atoms with E-state index in [0.717, 1.165) is 25.0 Å². The van der Waals surface area contributed by atoms with E-state index < -0.39 is 11.6 Å². The number of benzene rings is 1. The molecule has 0 aliphatic rings. The molecule has 0 unspecified atom stereocenters. The molecular weight excluding hydrogens is 226 g/mol. The number of rotatable bonds is 6. The highest BCUT2D eigenvalue weighted by atomic mass is 19.1. The molecule has 1 rings (SSSR count). The molecule has 17 heavy (non-hydrogen) atoms. The predicted molar refractivity (Wildman–Crippen MR) is 62.5 cm³/mol. The highest BCUT2D eigenvalue weighted by Gasteiger charge is 2.11. The van der Waals surface area contributed by atoms with Gasteiger partial charge >= 0.3 is 0 Å². The van der Waals surface area contributed by atoms with Crippen LogP contribution in [-0.2, 0) is 4.79 Å². The summed E-state index contributed by atoms with van der Waals surface area (Å²) in [6.07, 6.45) is 2.60. The number of hydrogen-bond acceptors (Lipinski definition) is 2. The molecule has 0 fully saturated rings. The summed E-state index contributed by atoms with van der Waals surface area (Å²) >= 11 is 0. The van der Waals surface area contributed by atoms with Gasteiger partial charge in [0.2, 0.25) is 5.91 Å². The quantitative estimate of drug-likeness (QED) is 0.753. The minimum absolute atomic E-state index is 0.244. The lowest BCUT2D eigenvalue weighted by Gasteiger charge is -2.07. The number of unbranched alkanes of at least 4 members (excludes halogenated alkanes) is 2. The Labute approximate surface area is 99.0 Å². The van der Waals surface area contributed by atoms with Gasteiger partial charge in [-0.15, -0.1) is 0 Å². The van der Waals surface area contributed by atoms with E-state index >= 15 is 0 Å². The fourth-order valence-electron chi connectivity index (χ4n) is 1.43. The molecular formula is C12H16F2N2O. The molecule has 0 aromatic heterocycles. The number of carbonyl (C=O) groups excluding carboxylic acids is 1. The van der Waals surface area contributed by atoms with Gasteiger partial charge in [-0.2, -0.15) is 0 Å². The maximum Gasteiger partial charge on any atom is 0.224 e. The number of nitrogens with two attached hydrogens (primary N) is 1. The monoisotopic (exact) mass is 242 g/mol. The number of hydrogen-bond donors (Lipinski definition) is 2. The highest BCUT2D eigenvalue weighted by molar-refractivity contribution is 5.90. The van der Waals surface area contributed by atoms with E-state index in [1.54, 1.807) is 0 Å². The Morgan fingerprint density at radius 1 is 1.18 bits per heavy atom. The topological polar surface area (TPSA) is 55.1 Å². The number of amides is 1. The second-order valence-electron chi connectivity index (χ2n) is 3.74. The van der Waals surface area contributed by atoms with Gasteiger partial charge in [-0.1, -0.05) is 12.5 Å². The maximum absolute atomic E-state index is 13.2. The second kappa shape index (κ2) is 6.96. The lowest BCUT2D eigenvalue weighted by Crippen LogP contribution is -2.13. The van der Waals surface area contributed by atoms with Crippen molar-refractivity contribution in [1.82, 2.24) is 0 Å². The first-order chi connectivity index (χ1) is 8.15. The SMILES string of the molecule is NCCCCCC(=O)Nc1c(F)cccc1F. The average molecular weight is 242 g/mol. The summed E-state index contributed by atoms with van der Waals surface area (Å²) in [6, 6.07) is 3.46. The first-order valence-corrected chi connectivity index (χ1v) is 5.59. The molecule has 3 nitrogen and oxygen atoms in total. The third-order valence-electron chi connectivity index (χ3n) is 2.34. The van der Waals surface area contributed by atoms with Crippen LogP contribution >= 0.6 is 0 Å². The van der Waals surface area contributed by atoms with Crippen LogP contribution in [0.15, 0.2) is 18.2 Å². The smallest absolute Gasteiger partial charge is 0.224 e. The lowest BCUT2D eigenvalue weighted by molar-refractivity contribution is -0.116. The minimum atomic E-state index is -0.764. The fraction of sp³-hybridized carbons (Fsp3) is 0.417. The Kier molecular flexibility index (Phi) is 5.56. The van der Waals surface area contributed by atoms with Crippen LogP contribution in [0.25, 0.3) is 0 Å². The molecule has 0 aliphatic heterocycles. The van der Waals surface area contributed by atoms with Gasteiger partial charge in [-0.3, -0.25) is 4.79 Å². The number of carbonyl (C=O) groups is 1. The third-order valence-corrected chi connectivity index (χ3v) is 2.34. The zero-order chi connectivity index (χ0) is 12.7. The van der Waals surface area contributed by atoms with Crippen molar-refractivity contribution in [2.24, 2.45) is 5.73 Å². The summed E-state index contributed by atoms with van der Waals surface area (Å²) in [5, 5.41) is 2.24. The van der Waals surface area contributed by atoms with Crippen molar-refractivity contribution in [3.63, 3.8) is 0 Å². The van der Waals surface area contributed by atoms with Gasteiger partial charge in [-0.25, -0.2) is 8.78 Å². The molecule has 1 aromatic carbocycles. The molecule has 0 heterocycles. The largest absolute Gasteiger partial charge is 0.330 e. The van der Waals surface area contributed by atoms with Crippen LogP contribution in [0.3, 0.4) is 0 Å². The van der Waals surface area contributed by atoms with Gasteiger partial charge in [0.15, 0.2) is 0 Å². The van der Waals surface area contributed by atoms with Crippen molar-refractivity contribution in [3.8, 4) is 0 Å². The van der Waals surface area contributed by atoms with Crippen molar-refractivity contribution in [3.05, 3.63) is 29.8 Å². The molecule has 0 saturated heterocycles. The van der Waals surface area contributed by atoms with Crippen LogP contribution in [0.4, 0.5) is 14.5 Å². The summed E-state index contributed by atoms with van der Waals surface area (Å²) in [6.45, 7) is 0.587. The Morgan fingerprint density at radius 2 is 1.82 bits per heavy atom. The second-order valence-corrected chi connectivity index (χ2v) is 3.74. The van der Waals surface area contributed by atoms with Crippen molar-refractivity contribution < 1.29 is 13.6 Å². The predicted octanol–water partition coefficient (Wildman–Crippen LogP) is 2.42. The van der Waals surface area contributed by atoms with Crippen LogP contribution < -0.4 is 11.1 Å². The van der Waals surface area contributed by atoms with E-state index in [4.69, 9.17) is 5.73 Å². The number of halogens is 2. The van der Waals surface area contributed by atoms with Crippen molar-refractivity contribution in [2.45, 2.75) is 25.7 Å². The van der Waals surface area contributed by atoms with Crippen LogP contribution in [-0.4, -0.2) is 12.5 Å². The van der Waals surface area contributed by atoms with Crippen molar-refractivity contribution >= 4 is 11.6 Å². The van der Waals surface area contributed by atoms with Crippen LogP contribution in [0, 0.1) is 11.6 Å². The minimum Gasteiger partial charge on any atom is -0.330 e. The van der Waals surface area contributed by atoms with Gasteiger partial charge in [0.05, 0.1) is 0 Å². The Hall–Kier alpha value is -1.49. The van der Waals surface area contributed by atoms with Gasteiger partial charge in [-0.05, 0) is 31.5 Å². The fourth-order valence-corrected chi connectivity index (χ4v) is 1.43. The van der Waals surface area contributed by atoms with Crippen LogP contribution in [0.1, 0.15) is 25.7 Å². The van der Waals surface area contributed by atoms with Gasteiger partial charge in [0, 0.05) is 6.42 Å². The summed E-state index contributed by atoms with van der Waals surface area (Å²) in [4.78, 5) is 11.4. The van der Waals surface area contributed by atoms with E-state index in [1.165, 1.54) is 6.07 Å².